The molecule has 0 saturated heterocycles. The van der Waals surface area contributed by atoms with E-state index in [1.807, 2.05) is 11.7 Å². The van der Waals surface area contributed by atoms with Crippen molar-refractivity contribution in [3.63, 3.8) is 0 Å². The molecule has 4 nitrogen and oxygen atoms in total. The van der Waals surface area contributed by atoms with Crippen molar-refractivity contribution in [1.82, 2.24) is 15.0 Å². The number of aromatic nitrogens is 3. The second-order valence-corrected chi connectivity index (χ2v) is 7.73. The lowest BCUT2D eigenvalue weighted by Gasteiger charge is -2.57. The van der Waals surface area contributed by atoms with Crippen molar-refractivity contribution in [1.29, 1.82) is 0 Å². The summed E-state index contributed by atoms with van der Waals surface area (Å²) in [7, 11) is 2.00. The van der Waals surface area contributed by atoms with Crippen molar-refractivity contribution < 1.29 is 0 Å². The summed E-state index contributed by atoms with van der Waals surface area (Å²) >= 11 is 0. The van der Waals surface area contributed by atoms with E-state index < -0.39 is 0 Å². The molecule has 0 aromatic carbocycles. The quantitative estimate of drug-likeness (QED) is 0.917. The summed E-state index contributed by atoms with van der Waals surface area (Å²) in [5, 5.41) is 8.33. The van der Waals surface area contributed by atoms with E-state index in [9.17, 15) is 0 Å². The van der Waals surface area contributed by atoms with Crippen molar-refractivity contribution in [2.45, 2.75) is 57.9 Å². The standard InChI is InChI=1S/C16H26N4/c1-20-15(14(10-17)18-19-20)2-3-16-7-11-4-12(8-16)6-13(5-11)9-16/h11-13H,2-10,17H2,1H3. The minimum Gasteiger partial charge on any atom is -0.325 e. The Bertz CT molecular complexity index is 469. The number of nitrogens with zero attached hydrogens (tertiary/aromatic N) is 3. The van der Waals surface area contributed by atoms with Gasteiger partial charge < -0.3 is 5.73 Å². The molecule has 0 unspecified atom stereocenters. The molecule has 0 spiro atoms. The molecule has 1 aromatic heterocycles. The Hall–Kier alpha value is -0.900. The minimum atomic E-state index is 0.518. The summed E-state index contributed by atoms with van der Waals surface area (Å²) in [5.74, 6) is 3.12. The van der Waals surface area contributed by atoms with E-state index in [4.69, 9.17) is 5.73 Å². The van der Waals surface area contributed by atoms with Crippen LogP contribution in [-0.2, 0) is 20.0 Å². The molecule has 0 amide bonds. The Balaban J connectivity index is 1.50. The molecule has 4 bridgehead atoms. The van der Waals surface area contributed by atoms with E-state index in [1.54, 1.807) is 0 Å². The average Bonchev–Trinajstić information content (AvgIpc) is 2.75. The predicted octanol–water partition coefficient (Wildman–Crippen LogP) is 2.42. The summed E-state index contributed by atoms with van der Waals surface area (Å²) in [6, 6.07) is 0. The third kappa shape index (κ3) is 2.00. The molecule has 4 saturated carbocycles. The number of hydrogen-bond acceptors (Lipinski definition) is 3. The molecular formula is C16H26N4. The van der Waals surface area contributed by atoms with Crippen LogP contribution >= 0.6 is 0 Å². The van der Waals surface area contributed by atoms with E-state index in [1.165, 1.54) is 50.6 Å². The van der Waals surface area contributed by atoms with Crippen LogP contribution in [0.3, 0.4) is 0 Å². The molecule has 5 rings (SSSR count). The smallest absolute Gasteiger partial charge is 0.0994 e. The number of aryl methyl sites for hydroxylation is 1. The maximum Gasteiger partial charge on any atom is 0.0994 e. The van der Waals surface area contributed by atoms with Crippen LogP contribution in [0.5, 0.6) is 0 Å². The summed E-state index contributed by atoms with van der Waals surface area (Å²) < 4.78 is 1.93. The van der Waals surface area contributed by atoms with Gasteiger partial charge >= 0.3 is 0 Å². The summed E-state index contributed by atoms with van der Waals surface area (Å²) in [6.45, 7) is 0.518. The Morgan fingerprint density at radius 3 is 2.30 bits per heavy atom. The fourth-order valence-corrected chi connectivity index (χ4v) is 5.86. The normalized spacial score (nSPS) is 38.6. The summed E-state index contributed by atoms with van der Waals surface area (Å²) in [5.41, 5.74) is 8.69. The van der Waals surface area contributed by atoms with Gasteiger partial charge in [0.1, 0.15) is 0 Å². The zero-order valence-electron chi connectivity index (χ0n) is 12.5. The van der Waals surface area contributed by atoms with Gasteiger partial charge in [-0.2, -0.15) is 0 Å². The molecule has 4 fully saturated rings. The molecule has 1 aromatic rings. The molecule has 0 aliphatic heterocycles. The molecule has 0 radical (unpaired) electrons. The lowest BCUT2D eigenvalue weighted by molar-refractivity contribution is -0.0571. The number of rotatable bonds is 4. The van der Waals surface area contributed by atoms with E-state index in [0.717, 1.165) is 29.9 Å². The highest BCUT2D eigenvalue weighted by atomic mass is 15.4. The van der Waals surface area contributed by atoms with Crippen molar-refractivity contribution in [2.24, 2.45) is 36.0 Å². The number of nitrogens with two attached hydrogens (primary N) is 1. The van der Waals surface area contributed by atoms with Gasteiger partial charge in [0, 0.05) is 13.6 Å². The van der Waals surface area contributed by atoms with Crippen LogP contribution in [0.2, 0.25) is 0 Å². The van der Waals surface area contributed by atoms with Crippen molar-refractivity contribution in [3.05, 3.63) is 11.4 Å². The highest BCUT2D eigenvalue weighted by molar-refractivity contribution is 5.11. The summed E-state index contributed by atoms with van der Waals surface area (Å²) in [6.07, 6.45) is 11.5. The molecule has 2 N–H and O–H groups in total. The average molecular weight is 274 g/mol. The van der Waals surface area contributed by atoms with Crippen LogP contribution in [0.4, 0.5) is 0 Å². The first kappa shape index (κ1) is 12.8. The van der Waals surface area contributed by atoms with Crippen molar-refractivity contribution >= 4 is 0 Å². The van der Waals surface area contributed by atoms with Gasteiger partial charge in [0.2, 0.25) is 0 Å². The SMILES string of the molecule is Cn1nnc(CN)c1CCC12CC3CC(CC(C3)C1)C2. The molecular weight excluding hydrogens is 248 g/mol. The maximum absolute atomic E-state index is 5.78. The molecule has 4 aliphatic rings. The highest BCUT2D eigenvalue weighted by Crippen LogP contribution is 2.61. The third-order valence-electron chi connectivity index (χ3n) is 6.27. The molecule has 4 heteroatoms. The maximum atomic E-state index is 5.78. The van der Waals surface area contributed by atoms with Gasteiger partial charge in [-0.1, -0.05) is 5.21 Å². The van der Waals surface area contributed by atoms with Crippen LogP contribution in [0.1, 0.15) is 56.3 Å². The largest absolute Gasteiger partial charge is 0.325 e. The first-order valence-corrected chi connectivity index (χ1v) is 8.25. The lowest BCUT2D eigenvalue weighted by Crippen LogP contribution is -2.46. The fourth-order valence-electron chi connectivity index (χ4n) is 5.86. The Kier molecular flexibility index (Phi) is 2.92. The van der Waals surface area contributed by atoms with Gasteiger partial charge in [0.05, 0.1) is 11.4 Å². The Morgan fingerprint density at radius 1 is 1.15 bits per heavy atom. The monoisotopic (exact) mass is 274 g/mol. The zero-order valence-corrected chi connectivity index (χ0v) is 12.5. The van der Waals surface area contributed by atoms with Gasteiger partial charge in [0.15, 0.2) is 0 Å². The molecule has 110 valence electrons. The molecule has 20 heavy (non-hydrogen) atoms. The van der Waals surface area contributed by atoms with Gasteiger partial charge in [-0.05, 0) is 74.5 Å². The van der Waals surface area contributed by atoms with E-state index in [0.29, 0.717) is 12.0 Å². The minimum absolute atomic E-state index is 0.518. The van der Waals surface area contributed by atoms with Gasteiger partial charge in [0.25, 0.3) is 0 Å². The summed E-state index contributed by atoms with van der Waals surface area (Å²) in [4.78, 5) is 0. The second-order valence-electron chi connectivity index (χ2n) is 7.73. The predicted molar refractivity (Wildman–Crippen MR) is 77.8 cm³/mol. The zero-order chi connectivity index (χ0) is 13.7. The van der Waals surface area contributed by atoms with Crippen LogP contribution in [0.15, 0.2) is 0 Å². The van der Waals surface area contributed by atoms with E-state index >= 15 is 0 Å². The Labute approximate surface area is 121 Å². The molecule has 4 aliphatic carbocycles. The first-order valence-electron chi connectivity index (χ1n) is 8.25. The number of hydrogen-bond donors (Lipinski definition) is 1. The first-order chi connectivity index (χ1) is 9.67. The third-order valence-corrected chi connectivity index (χ3v) is 6.27. The topological polar surface area (TPSA) is 56.7 Å². The van der Waals surface area contributed by atoms with Gasteiger partial charge in [-0.15, -0.1) is 5.10 Å². The highest BCUT2D eigenvalue weighted by Gasteiger charge is 2.50. The molecule has 1 heterocycles. The van der Waals surface area contributed by atoms with Crippen LogP contribution in [-0.4, -0.2) is 15.0 Å². The van der Waals surface area contributed by atoms with Crippen LogP contribution in [0, 0.1) is 23.2 Å². The van der Waals surface area contributed by atoms with E-state index in [-0.39, 0.29) is 0 Å². The fraction of sp³-hybridized carbons (Fsp3) is 0.875. The van der Waals surface area contributed by atoms with E-state index in [2.05, 4.69) is 10.3 Å². The Morgan fingerprint density at radius 2 is 1.75 bits per heavy atom. The van der Waals surface area contributed by atoms with Gasteiger partial charge in [-0.25, -0.2) is 0 Å². The second kappa shape index (κ2) is 4.55. The van der Waals surface area contributed by atoms with Crippen LogP contribution in [0.25, 0.3) is 0 Å². The van der Waals surface area contributed by atoms with Crippen molar-refractivity contribution in [3.8, 4) is 0 Å². The molecule has 0 atom stereocenters. The van der Waals surface area contributed by atoms with Gasteiger partial charge in [-0.3, -0.25) is 4.68 Å². The lowest BCUT2D eigenvalue weighted by atomic mass is 9.48. The van der Waals surface area contributed by atoms with Crippen molar-refractivity contribution in [2.75, 3.05) is 0 Å². The van der Waals surface area contributed by atoms with Crippen LogP contribution < -0.4 is 5.73 Å².